The van der Waals surface area contributed by atoms with Crippen LogP contribution in [0.1, 0.15) is 34.7 Å². The van der Waals surface area contributed by atoms with Gasteiger partial charge in [0, 0.05) is 10.0 Å². The Kier molecular flexibility index (Phi) is 6.61. The molecule has 1 aliphatic carbocycles. The maximum Gasteiger partial charge on any atom is 0.271 e. The number of fused-ring (bicyclic) bond motifs is 3. The van der Waals surface area contributed by atoms with E-state index in [-0.39, 0.29) is 11.6 Å². The summed E-state index contributed by atoms with van der Waals surface area (Å²) >= 11 is 8.57. The molecule has 0 amide bonds. The van der Waals surface area contributed by atoms with Crippen molar-refractivity contribution in [2.75, 3.05) is 6.61 Å². The fraction of sp³-hybridized carbons (Fsp3) is 0.133. The van der Waals surface area contributed by atoms with Crippen LogP contribution in [0.4, 0.5) is 0 Å². The minimum Gasteiger partial charge on any atom is -0.488 e. The quantitative estimate of drug-likeness (QED) is 0.239. The molecule has 3 aromatic carbocycles. The van der Waals surface area contributed by atoms with Crippen molar-refractivity contribution in [3.63, 3.8) is 0 Å². The van der Waals surface area contributed by atoms with E-state index in [0.717, 1.165) is 49.2 Å². The summed E-state index contributed by atoms with van der Waals surface area (Å²) in [5.74, 6) is 0.736. The molecule has 0 unspecified atom stereocenters. The van der Waals surface area contributed by atoms with Gasteiger partial charge in [-0.2, -0.15) is 0 Å². The monoisotopic (exact) mass is 632 g/mol. The number of rotatable bonds is 5. The Labute approximate surface area is 235 Å². The molecule has 1 aromatic heterocycles. The van der Waals surface area contributed by atoms with Gasteiger partial charge in [0.25, 0.3) is 5.56 Å². The van der Waals surface area contributed by atoms with Crippen molar-refractivity contribution >= 4 is 55.0 Å². The number of allylic oxidation sites excluding steroid dienone is 1. The second-order valence-electron chi connectivity index (χ2n) is 8.95. The zero-order valence-electron chi connectivity index (χ0n) is 19.8. The van der Waals surface area contributed by atoms with Crippen LogP contribution in [0.15, 0.2) is 104 Å². The van der Waals surface area contributed by atoms with Crippen molar-refractivity contribution < 1.29 is 4.74 Å². The number of benzene rings is 3. The third-order valence-corrected chi connectivity index (χ3v) is 8.80. The predicted octanol–water partition coefficient (Wildman–Crippen LogP) is 6.41. The number of nitrogens with zero attached hydrogens (tertiary/aromatic N) is 2. The lowest BCUT2D eigenvalue weighted by Crippen LogP contribution is -2.38. The van der Waals surface area contributed by atoms with Gasteiger partial charge in [0.2, 0.25) is 0 Å². The van der Waals surface area contributed by atoms with Gasteiger partial charge in [0.1, 0.15) is 12.4 Å². The summed E-state index contributed by atoms with van der Waals surface area (Å²) < 4.78 is 10.0. The van der Waals surface area contributed by atoms with Crippen LogP contribution in [-0.2, 0) is 6.42 Å². The van der Waals surface area contributed by atoms with E-state index in [0.29, 0.717) is 11.1 Å². The van der Waals surface area contributed by atoms with Crippen LogP contribution in [0.5, 0.6) is 5.75 Å². The minimum atomic E-state index is -0.184. The predicted molar refractivity (Wildman–Crippen MR) is 157 cm³/mol. The molecule has 1 atom stereocenters. The van der Waals surface area contributed by atoms with E-state index in [1.165, 1.54) is 28.0 Å². The Morgan fingerprint density at radius 2 is 1.89 bits per heavy atom. The highest BCUT2D eigenvalue weighted by Crippen LogP contribution is 2.41. The molecule has 4 aromatic rings. The molecule has 4 nitrogen and oxygen atoms in total. The molecule has 6 rings (SSSR count). The van der Waals surface area contributed by atoms with Gasteiger partial charge in [0.15, 0.2) is 4.80 Å². The molecule has 0 bridgehead atoms. The fourth-order valence-corrected chi connectivity index (χ4v) is 6.77. The number of halogens is 2. The lowest BCUT2D eigenvalue weighted by Gasteiger charge is -2.30. The first-order valence-corrected chi connectivity index (χ1v) is 14.4. The molecular weight excluding hydrogens is 612 g/mol. The SMILES string of the molecule is C=CCOc1ccc(/C=c2\sc3n(c2=O)[C@@H](c2ccc(Br)cc2)C2=C(N=3)c3ccccc3CC2)cc1Br. The molecule has 0 radical (unpaired) electrons. The highest BCUT2D eigenvalue weighted by atomic mass is 79.9. The third-order valence-electron chi connectivity index (χ3n) is 6.67. The maximum absolute atomic E-state index is 13.9. The number of hydrogen-bond donors (Lipinski definition) is 0. The van der Waals surface area contributed by atoms with E-state index >= 15 is 0 Å². The van der Waals surface area contributed by atoms with Crippen LogP contribution >= 0.6 is 43.2 Å². The van der Waals surface area contributed by atoms with E-state index in [9.17, 15) is 4.79 Å². The molecular formula is C30H22Br2N2O2S. The van der Waals surface area contributed by atoms with Crippen LogP contribution in [0.2, 0.25) is 0 Å². The highest BCUT2D eigenvalue weighted by molar-refractivity contribution is 9.10. The third kappa shape index (κ3) is 4.49. The smallest absolute Gasteiger partial charge is 0.271 e. The van der Waals surface area contributed by atoms with Crippen molar-refractivity contribution in [2.24, 2.45) is 4.99 Å². The van der Waals surface area contributed by atoms with Gasteiger partial charge in [-0.1, -0.05) is 82.4 Å². The highest BCUT2D eigenvalue weighted by Gasteiger charge is 2.32. The average Bonchev–Trinajstić information content (AvgIpc) is 3.22. The van der Waals surface area contributed by atoms with Crippen LogP contribution in [0.3, 0.4) is 0 Å². The second kappa shape index (κ2) is 10.0. The number of hydrogen-bond acceptors (Lipinski definition) is 4. The van der Waals surface area contributed by atoms with Gasteiger partial charge in [-0.25, -0.2) is 4.99 Å². The van der Waals surface area contributed by atoms with Gasteiger partial charge < -0.3 is 4.74 Å². The van der Waals surface area contributed by atoms with Gasteiger partial charge in [0.05, 0.1) is 20.7 Å². The fourth-order valence-electron chi connectivity index (χ4n) is 4.99. The summed E-state index contributed by atoms with van der Waals surface area (Å²) in [5.41, 5.74) is 6.66. The van der Waals surface area contributed by atoms with E-state index in [1.54, 1.807) is 6.08 Å². The number of aryl methyl sites for hydroxylation is 1. The lowest BCUT2D eigenvalue weighted by molar-refractivity contribution is 0.361. The number of ether oxygens (including phenoxy) is 1. The Hall–Kier alpha value is -3.00. The topological polar surface area (TPSA) is 43.6 Å². The molecule has 7 heteroatoms. The number of aromatic nitrogens is 1. The van der Waals surface area contributed by atoms with Gasteiger partial charge in [-0.05, 0) is 81.4 Å². The molecule has 2 aliphatic rings. The van der Waals surface area contributed by atoms with Gasteiger partial charge in [-0.3, -0.25) is 9.36 Å². The summed E-state index contributed by atoms with van der Waals surface area (Å²) in [6, 6.07) is 22.4. The van der Waals surface area contributed by atoms with Crippen molar-refractivity contribution in [3.05, 3.63) is 136 Å². The van der Waals surface area contributed by atoms with E-state index in [4.69, 9.17) is 9.73 Å². The Morgan fingerprint density at radius 3 is 2.68 bits per heavy atom. The second-order valence-corrected chi connectivity index (χ2v) is 11.7. The van der Waals surface area contributed by atoms with Crippen LogP contribution < -0.4 is 19.6 Å². The molecule has 184 valence electrons. The Balaban J connectivity index is 1.53. The Morgan fingerprint density at radius 1 is 1.08 bits per heavy atom. The summed E-state index contributed by atoms with van der Waals surface area (Å²) in [6.07, 6.45) is 5.46. The molecule has 37 heavy (non-hydrogen) atoms. The summed E-state index contributed by atoms with van der Waals surface area (Å²) in [5, 5.41) is 0. The Bertz CT molecular complexity index is 1750. The number of thiazole rings is 1. The first kappa shape index (κ1) is 24.3. The molecule has 0 fully saturated rings. The lowest BCUT2D eigenvalue weighted by atomic mass is 9.83. The molecule has 1 aliphatic heterocycles. The van der Waals surface area contributed by atoms with Gasteiger partial charge >= 0.3 is 0 Å². The molecule has 2 heterocycles. The first-order chi connectivity index (χ1) is 18.0. The zero-order valence-corrected chi connectivity index (χ0v) is 23.8. The standard InChI is InChI=1S/C30H22Br2N2O2S/c1-2-15-36-25-14-7-18(16-24(25)32)17-26-29(35)34-28(20-8-11-21(31)12-9-20)23-13-10-19-5-3-4-6-22(19)27(23)33-30(34)37-26/h2-9,11-12,14,16-17,28H,1,10,13,15H2/b26-17-/t28-/m0/s1. The van der Waals surface area contributed by atoms with Crippen LogP contribution in [0, 0.1) is 0 Å². The van der Waals surface area contributed by atoms with Crippen LogP contribution in [0.25, 0.3) is 11.8 Å². The van der Waals surface area contributed by atoms with Crippen molar-refractivity contribution in [1.82, 2.24) is 4.57 Å². The molecule has 0 spiro atoms. The molecule has 0 N–H and O–H groups in total. The summed E-state index contributed by atoms with van der Waals surface area (Å²) in [4.78, 5) is 19.7. The van der Waals surface area contributed by atoms with E-state index in [2.05, 4.69) is 74.8 Å². The molecule has 0 saturated heterocycles. The van der Waals surface area contributed by atoms with Crippen molar-refractivity contribution in [2.45, 2.75) is 18.9 Å². The summed E-state index contributed by atoms with van der Waals surface area (Å²) in [6.45, 7) is 4.13. The minimum absolute atomic E-state index is 0.0230. The average molecular weight is 634 g/mol. The maximum atomic E-state index is 13.9. The van der Waals surface area contributed by atoms with Crippen molar-refractivity contribution in [3.8, 4) is 5.75 Å². The first-order valence-electron chi connectivity index (χ1n) is 12.0. The van der Waals surface area contributed by atoms with E-state index < -0.39 is 0 Å². The largest absolute Gasteiger partial charge is 0.488 e. The van der Waals surface area contributed by atoms with E-state index in [1.807, 2.05) is 41.0 Å². The zero-order chi connectivity index (χ0) is 25.5. The van der Waals surface area contributed by atoms with Gasteiger partial charge in [-0.15, -0.1) is 0 Å². The molecule has 0 saturated carbocycles. The normalized spacial score (nSPS) is 16.5. The van der Waals surface area contributed by atoms with Crippen LogP contribution in [-0.4, -0.2) is 11.2 Å². The summed E-state index contributed by atoms with van der Waals surface area (Å²) in [7, 11) is 0. The van der Waals surface area contributed by atoms with Crippen molar-refractivity contribution in [1.29, 1.82) is 0 Å².